The van der Waals surface area contributed by atoms with E-state index in [1.807, 2.05) is 19.2 Å². The van der Waals surface area contributed by atoms with Gasteiger partial charge in [0.2, 0.25) is 0 Å². The molecule has 3 nitrogen and oxygen atoms in total. The summed E-state index contributed by atoms with van der Waals surface area (Å²) in [6.07, 6.45) is 4.48. The molecule has 1 aliphatic rings. The molecule has 1 N–H and O–H groups in total. The molecule has 110 valence electrons. The number of rotatable bonds is 5. The molecule has 3 heteroatoms. The van der Waals surface area contributed by atoms with Crippen molar-refractivity contribution in [2.24, 2.45) is 5.92 Å². The van der Waals surface area contributed by atoms with Crippen LogP contribution in [0.4, 0.5) is 5.69 Å². The lowest BCUT2D eigenvalue weighted by molar-refractivity contribution is 0.672. The van der Waals surface area contributed by atoms with E-state index in [0.29, 0.717) is 18.5 Å². The Morgan fingerprint density at radius 2 is 1.90 bits per heavy atom. The van der Waals surface area contributed by atoms with Crippen LogP contribution in [0.15, 0.2) is 47.4 Å². The Hall–Kier alpha value is -2.03. The maximum atomic E-state index is 11.7. The molecular weight excluding hydrogens is 260 g/mol. The summed E-state index contributed by atoms with van der Waals surface area (Å²) in [5.74, 6) is 0.703. The van der Waals surface area contributed by atoms with Gasteiger partial charge in [-0.05, 0) is 44.2 Å². The average molecular weight is 282 g/mol. The predicted octanol–water partition coefficient (Wildman–Crippen LogP) is 3.74. The Kier molecular flexibility index (Phi) is 3.82. The van der Waals surface area contributed by atoms with Crippen molar-refractivity contribution >= 4 is 5.69 Å². The zero-order valence-electron chi connectivity index (χ0n) is 12.7. The molecule has 1 saturated carbocycles. The maximum absolute atomic E-state index is 11.7. The fraction of sp³-hybridized carbons (Fsp3) is 0.389. The standard InChI is InChI=1S/C18H22N2O/c1-3-20-12-16(10-11-17(20)21)19-18(15-8-9-15)14-6-4-13(2)5-7-14/h4-7,10-12,15,18-19H,3,8-9H2,1-2H3. The lowest BCUT2D eigenvalue weighted by Crippen LogP contribution is -2.19. The highest BCUT2D eigenvalue weighted by Crippen LogP contribution is 2.42. The summed E-state index contributed by atoms with van der Waals surface area (Å²) in [4.78, 5) is 11.7. The summed E-state index contributed by atoms with van der Waals surface area (Å²) in [5, 5.41) is 3.62. The van der Waals surface area contributed by atoms with Gasteiger partial charge in [0.1, 0.15) is 0 Å². The molecule has 3 rings (SSSR count). The van der Waals surface area contributed by atoms with Crippen molar-refractivity contribution in [3.8, 4) is 0 Å². The molecule has 0 radical (unpaired) electrons. The Morgan fingerprint density at radius 1 is 1.19 bits per heavy atom. The first-order valence-corrected chi connectivity index (χ1v) is 7.71. The third-order valence-electron chi connectivity index (χ3n) is 4.18. The van der Waals surface area contributed by atoms with E-state index < -0.39 is 0 Å². The van der Waals surface area contributed by atoms with Gasteiger partial charge in [-0.15, -0.1) is 0 Å². The number of aromatic nitrogens is 1. The second-order valence-corrected chi connectivity index (χ2v) is 5.91. The molecule has 0 saturated heterocycles. The first-order valence-electron chi connectivity index (χ1n) is 7.71. The van der Waals surface area contributed by atoms with E-state index in [1.54, 1.807) is 10.6 Å². The number of pyridine rings is 1. The summed E-state index contributed by atoms with van der Waals surface area (Å²) < 4.78 is 1.74. The number of nitrogens with one attached hydrogen (secondary N) is 1. The highest BCUT2D eigenvalue weighted by atomic mass is 16.1. The highest BCUT2D eigenvalue weighted by Gasteiger charge is 2.32. The summed E-state index contributed by atoms with van der Waals surface area (Å²) in [5.41, 5.74) is 3.69. The molecule has 1 fully saturated rings. The van der Waals surface area contributed by atoms with E-state index >= 15 is 0 Å². The third kappa shape index (κ3) is 3.18. The Balaban J connectivity index is 1.85. The average Bonchev–Trinajstić information content (AvgIpc) is 3.32. The van der Waals surface area contributed by atoms with E-state index in [9.17, 15) is 4.79 Å². The van der Waals surface area contributed by atoms with Crippen LogP contribution in [0, 0.1) is 12.8 Å². The summed E-state index contributed by atoms with van der Waals surface area (Å²) in [7, 11) is 0. The van der Waals surface area contributed by atoms with Crippen molar-refractivity contribution in [3.05, 3.63) is 64.1 Å². The van der Waals surface area contributed by atoms with Gasteiger partial charge in [-0.1, -0.05) is 29.8 Å². The fourth-order valence-electron chi connectivity index (χ4n) is 2.72. The Morgan fingerprint density at radius 3 is 2.52 bits per heavy atom. The number of anilines is 1. The molecule has 0 spiro atoms. The van der Waals surface area contributed by atoms with Gasteiger partial charge in [-0.25, -0.2) is 0 Å². The van der Waals surface area contributed by atoms with Crippen LogP contribution < -0.4 is 10.9 Å². The topological polar surface area (TPSA) is 34.0 Å². The van der Waals surface area contributed by atoms with Crippen molar-refractivity contribution in [1.29, 1.82) is 0 Å². The third-order valence-corrected chi connectivity index (χ3v) is 4.18. The van der Waals surface area contributed by atoms with Crippen LogP contribution in [0.5, 0.6) is 0 Å². The number of nitrogens with zero attached hydrogens (tertiary/aromatic N) is 1. The van der Waals surface area contributed by atoms with Crippen LogP contribution >= 0.6 is 0 Å². The Bertz CT molecular complexity index is 668. The monoisotopic (exact) mass is 282 g/mol. The molecular formula is C18H22N2O. The predicted molar refractivity (Wildman–Crippen MR) is 86.6 cm³/mol. The molecule has 1 unspecified atom stereocenters. The van der Waals surface area contributed by atoms with E-state index in [4.69, 9.17) is 0 Å². The van der Waals surface area contributed by atoms with Gasteiger partial charge in [-0.2, -0.15) is 0 Å². The normalized spacial score (nSPS) is 15.7. The molecule has 0 amide bonds. The number of hydrogen-bond donors (Lipinski definition) is 1. The molecule has 21 heavy (non-hydrogen) atoms. The molecule has 1 heterocycles. The van der Waals surface area contributed by atoms with Crippen LogP contribution in [0.2, 0.25) is 0 Å². The number of aryl methyl sites for hydroxylation is 2. The minimum Gasteiger partial charge on any atom is -0.377 e. The van der Waals surface area contributed by atoms with Gasteiger partial charge in [0.25, 0.3) is 5.56 Å². The molecule has 1 atom stereocenters. The van der Waals surface area contributed by atoms with Crippen LogP contribution in [-0.4, -0.2) is 4.57 Å². The van der Waals surface area contributed by atoms with Crippen LogP contribution in [0.25, 0.3) is 0 Å². The van der Waals surface area contributed by atoms with Gasteiger partial charge < -0.3 is 9.88 Å². The minimum atomic E-state index is 0.0568. The fourth-order valence-corrected chi connectivity index (χ4v) is 2.72. The van der Waals surface area contributed by atoms with Gasteiger partial charge in [0.15, 0.2) is 0 Å². The minimum absolute atomic E-state index is 0.0568. The summed E-state index contributed by atoms with van der Waals surface area (Å²) >= 11 is 0. The summed E-state index contributed by atoms with van der Waals surface area (Å²) in [6.45, 7) is 4.80. The van der Waals surface area contributed by atoms with E-state index in [1.165, 1.54) is 24.0 Å². The van der Waals surface area contributed by atoms with E-state index in [-0.39, 0.29) is 5.56 Å². The van der Waals surface area contributed by atoms with Gasteiger partial charge in [-0.3, -0.25) is 4.79 Å². The van der Waals surface area contributed by atoms with Crippen molar-refractivity contribution in [2.45, 2.75) is 39.3 Å². The molecule has 0 bridgehead atoms. The maximum Gasteiger partial charge on any atom is 0.250 e. The van der Waals surface area contributed by atoms with Crippen LogP contribution in [0.3, 0.4) is 0 Å². The van der Waals surface area contributed by atoms with Crippen molar-refractivity contribution in [2.75, 3.05) is 5.32 Å². The lowest BCUT2D eigenvalue weighted by atomic mass is 10.0. The molecule has 1 aromatic carbocycles. The number of benzene rings is 1. The quantitative estimate of drug-likeness (QED) is 0.906. The van der Waals surface area contributed by atoms with Crippen LogP contribution in [-0.2, 0) is 6.54 Å². The van der Waals surface area contributed by atoms with Gasteiger partial charge in [0.05, 0.1) is 11.7 Å². The first-order chi connectivity index (χ1) is 10.2. The highest BCUT2D eigenvalue weighted by molar-refractivity contribution is 5.44. The smallest absolute Gasteiger partial charge is 0.250 e. The van der Waals surface area contributed by atoms with E-state index in [0.717, 1.165) is 5.69 Å². The van der Waals surface area contributed by atoms with Gasteiger partial charge >= 0.3 is 0 Å². The summed E-state index contributed by atoms with van der Waals surface area (Å²) in [6, 6.07) is 12.6. The molecule has 1 aliphatic carbocycles. The number of hydrogen-bond acceptors (Lipinski definition) is 2. The first kappa shape index (κ1) is 13.9. The lowest BCUT2D eigenvalue weighted by Gasteiger charge is -2.21. The van der Waals surface area contributed by atoms with Crippen molar-refractivity contribution in [1.82, 2.24) is 4.57 Å². The van der Waals surface area contributed by atoms with Crippen molar-refractivity contribution in [3.63, 3.8) is 0 Å². The molecule has 2 aromatic rings. The zero-order chi connectivity index (χ0) is 14.8. The molecule has 0 aliphatic heterocycles. The SMILES string of the molecule is CCn1cc(NC(c2ccc(C)cc2)C2CC2)ccc1=O. The second kappa shape index (κ2) is 5.76. The molecule has 1 aromatic heterocycles. The van der Waals surface area contributed by atoms with E-state index in [2.05, 4.69) is 36.5 Å². The van der Waals surface area contributed by atoms with Crippen LogP contribution in [0.1, 0.15) is 36.9 Å². The zero-order valence-corrected chi connectivity index (χ0v) is 12.7. The second-order valence-electron chi connectivity index (χ2n) is 5.91. The van der Waals surface area contributed by atoms with Crippen molar-refractivity contribution < 1.29 is 0 Å². The Labute approximate surface area is 125 Å². The van der Waals surface area contributed by atoms with Gasteiger partial charge in [0, 0.05) is 18.8 Å². The largest absolute Gasteiger partial charge is 0.377 e.